The van der Waals surface area contributed by atoms with E-state index < -0.39 is 0 Å². The molecule has 2 N–H and O–H groups in total. The van der Waals surface area contributed by atoms with Crippen molar-refractivity contribution in [3.05, 3.63) is 33.8 Å². The van der Waals surface area contributed by atoms with Gasteiger partial charge < -0.3 is 15.3 Å². The van der Waals surface area contributed by atoms with Crippen molar-refractivity contribution in [2.75, 3.05) is 33.3 Å². The minimum atomic E-state index is 0.215. The zero-order valence-electron chi connectivity index (χ0n) is 12.5. The Labute approximate surface area is 137 Å². The van der Waals surface area contributed by atoms with Crippen molar-refractivity contribution in [1.29, 1.82) is 0 Å². The zero-order chi connectivity index (χ0) is 15.2. The fraction of sp³-hybridized carbons (Fsp3) is 0.625. The molecular weight excluding hydrogens is 307 g/mol. The van der Waals surface area contributed by atoms with Crippen LogP contribution in [-0.2, 0) is 0 Å². The summed E-state index contributed by atoms with van der Waals surface area (Å²) < 4.78 is 0. The molecule has 1 saturated heterocycles. The fourth-order valence-electron chi connectivity index (χ4n) is 2.95. The van der Waals surface area contributed by atoms with Crippen LogP contribution in [0.15, 0.2) is 18.2 Å². The van der Waals surface area contributed by atoms with Crippen molar-refractivity contribution in [3.8, 4) is 0 Å². The quantitative estimate of drug-likeness (QED) is 0.839. The molecule has 0 aliphatic carbocycles. The molecule has 118 valence electrons. The largest absolute Gasteiger partial charge is 0.396 e. The summed E-state index contributed by atoms with van der Waals surface area (Å²) in [6.45, 7) is 3.51. The van der Waals surface area contributed by atoms with E-state index in [1.54, 1.807) is 0 Å². The SMILES string of the molecule is CNC(CCN1CCC(CO)CC1)c1cccc(Cl)c1Cl. The smallest absolute Gasteiger partial charge is 0.0640 e. The first kappa shape index (κ1) is 17.0. The van der Waals surface area contributed by atoms with Crippen LogP contribution >= 0.6 is 23.2 Å². The predicted octanol–water partition coefficient (Wildman–Crippen LogP) is 3.35. The number of likely N-dealkylation sites (tertiary alicyclic amines) is 1. The molecule has 0 radical (unpaired) electrons. The highest BCUT2D eigenvalue weighted by atomic mass is 35.5. The first-order chi connectivity index (χ1) is 10.2. The number of rotatable bonds is 6. The summed E-state index contributed by atoms with van der Waals surface area (Å²) in [6, 6.07) is 6.01. The molecule has 0 amide bonds. The zero-order valence-corrected chi connectivity index (χ0v) is 14.0. The molecular formula is C16H24Cl2N2O. The second-order valence-corrected chi connectivity index (χ2v) is 6.53. The highest BCUT2D eigenvalue weighted by Crippen LogP contribution is 2.31. The molecule has 0 spiro atoms. The van der Waals surface area contributed by atoms with Gasteiger partial charge in [0.2, 0.25) is 0 Å². The lowest BCUT2D eigenvalue weighted by atomic mass is 9.97. The van der Waals surface area contributed by atoms with E-state index in [-0.39, 0.29) is 6.04 Å². The number of hydrogen-bond acceptors (Lipinski definition) is 3. The van der Waals surface area contributed by atoms with Gasteiger partial charge >= 0.3 is 0 Å². The lowest BCUT2D eigenvalue weighted by Crippen LogP contribution is -2.36. The van der Waals surface area contributed by atoms with Gasteiger partial charge in [0.1, 0.15) is 0 Å². The van der Waals surface area contributed by atoms with Gasteiger partial charge in [0.25, 0.3) is 0 Å². The van der Waals surface area contributed by atoms with Gasteiger partial charge in [0.15, 0.2) is 0 Å². The minimum absolute atomic E-state index is 0.215. The molecule has 1 atom stereocenters. The van der Waals surface area contributed by atoms with Gasteiger partial charge in [-0.25, -0.2) is 0 Å². The Balaban J connectivity index is 1.90. The molecule has 1 aliphatic heterocycles. The summed E-state index contributed by atoms with van der Waals surface area (Å²) in [4.78, 5) is 2.47. The van der Waals surface area contributed by atoms with Gasteiger partial charge in [-0.05, 0) is 63.5 Å². The van der Waals surface area contributed by atoms with E-state index in [9.17, 15) is 5.11 Å². The van der Waals surface area contributed by atoms with Gasteiger partial charge in [-0.2, -0.15) is 0 Å². The van der Waals surface area contributed by atoms with E-state index in [4.69, 9.17) is 23.2 Å². The monoisotopic (exact) mass is 330 g/mol. The second kappa shape index (κ2) is 8.35. The second-order valence-electron chi connectivity index (χ2n) is 5.74. The first-order valence-corrected chi connectivity index (χ1v) is 8.35. The van der Waals surface area contributed by atoms with Crippen LogP contribution in [0.2, 0.25) is 10.0 Å². The van der Waals surface area contributed by atoms with Crippen molar-refractivity contribution in [3.63, 3.8) is 0 Å². The van der Waals surface area contributed by atoms with E-state index in [2.05, 4.69) is 10.2 Å². The summed E-state index contributed by atoms with van der Waals surface area (Å²) in [7, 11) is 1.96. The highest BCUT2D eigenvalue weighted by molar-refractivity contribution is 6.42. The van der Waals surface area contributed by atoms with Crippen LogP contribution in [0, 0.1) is 5.92 Å². The van der Waals surface area contributed by atoms with E-state index >= 15 is 0 Å². The summed E-state index contributed by atoms with van der Waals surface area (Å²) >= 11 is 12.4. The number of benzene rings is 1. The highest BCUT2D eigenvalue weighted by Gasteiger charge is 2.20. The first-order valence-electron chi connectivity index (χ1n) is 7.60. The molecule has 0 bridgehead atoms. The third-order valence-corrected chi connectivity index (χ3v) is 5.24. The number of aliphatic hydroxyl groups is 1. The average Bonchev–Trinajstić information content (AvgIpc) is 2.52. The Morgan fingerprint density at radius 2 is 2.05 bits per heavy atom. The Morgan fingerprint density at radius 3 is 2.67 bits per heavy atom. The van der Waals surface area contributed by atoms with E-state index in [1.807, 2.05) is 25.2 Å². The number of piperidine rings is 1. The summed E-state index contributed by atoms with van der Waals surface area (Å²) in [5.74, 6) is 0.490. The molecule has 0 aromatic heterocycles. The Hall–Kier alpha value is -0.320. The van der Waals surface area contributed by atoms with E-state index in [1.165, 1.54) is 0 Å². The molecule has 1 aromatic carbocycles. The van der Waals surface area contributed by atoms with Gasteiger partial charge in [0.05, 0.1) is 10.0 Å². The maximum Gasteiger partial charge on any atom is 0.0640 e. The fourth-order valence-corrected chi connectivity index (χ4v) is 3.39. The van der Waals surface area contributed by atoms with Crippen molar-refractivity contribution in [2.45, 2.75) is 25.3 Å². The molecule has 1 heterocycles. The molecule has 1 unspecified atom stereocenters. The van der Waals surface area contributed by atoms with Gasteiger partial charge in [0, 0.05) is 12.6 Å². The average molecular weight is 331 g/mol. The minimum Gasteiger partial charge on any atom is -0.396 e. The molecule has 1 aliphatic rings. The van der Waals surface area contributed by atoms with Crippen molar-refractivity contribution in [1.82, 2.24) is 10.2 Å². The predicted molar refractivity (Wildman–Crippen MR) is 89.1 cm³/mol. The molecule has 1 fully saturated rings. The van der Waals surface area contributed by atoms with Crippen molar-refractivity contribution >= 4 is 23.2 Å². The molecule has 2 rings (SSSR count). The van der Waals surface area contributed by atoms with Gasteiger partial charge in [-0.15, -0.1) is 0 Å². The van der Waals surface area contributed by atoms with Crippen LogP contribution in [0.5, 0.6) is 0 Å². The van der Waals surface area contributed by atoms with Crippen molar-refractivity contribution in [2.24, 2.45) is 5.92 Å². The lowest BCUT2D eigenvalue weighted by Gasteiger charge is -2.32. The standard InChI is InChI=1S/C16H24Cl2N2O/c1-19-15(13-3-2-4-14(17)16(13)18)7-10-20-8-5-12(11-21)6-9-20/h2-4,12,15,19,21H,5-11H2,1H3. The summed E-state index contributed by atoms with van der Waals surface area (Å²) in [5.41, 5.74) is 1.07. The van der Waals surface area contributed by atoms with Crippen molar-refractivity contribution < 1.29 is 5.11 Å². The summed E-state index contributed by atoms with van der Waals surface area (Å²) in [6.07, 6.45) is 3.19. The number of aliphatic hydroxyl groups excluding tert-OH is 1. The van der Waals surface area contributed by atoms with E-state index in [0.717, 1.165) is 44.5 Å². The van der Waals surface area contributed by atoms with Crippen LogP contribution < -0.4 is 5.32 Å². The third kappa shape index (κ3) is 4.57. The van der Waals surface area contributed by atoms with Crippen LogP contribution in [0.1, 0.15) is 30.9 Å². The van der Waals surface area contributed by atoms with Crippen LogP contribution in [0.25, 0.3) is 0 Å². The van der Waals surface area contributed by atoms with Gasteiger partial charge in [-0.1, -0.05) is 35.3 Å². The number of hydrogen-bond donors (Lipinski definition) is 2. The molecule has 21 heavy (non-hydrogen) atoms. The molecule has 3 nitrogen and oxygen atoms in total. The molecule has 5 heteroatoms. The van der Waals surface area contributed by atoms with Crippen LogP contribution in [0.3, 0.4) is 0 Å². The lowest BCUT2D eigenvalue weighted by molar-refractivity contribution is 0.128. The maximum atomic E-state index is 9.18. The van der Waals surface area contributed by atoms with Crippen LogP contribution in [-0.4, -0.2) is 43.3 Å². The Bertz CT molecular complexity index is 448. The van der Waals surface area contributed by atoms with Gasteiger partial charge in [-0.3, -0.25) is 0 Å². The molecule has 0 saturated carbocycles. The maximum absolute atomic E-state index is 9.18. The molecule has 1 aromatic rings. The number of nitrogens with one attached hydrogen (secondary N) is 1. The van der Waals surface area contributed by atoms with E-state index in [0.29, 0.717) is 22.6 Å². The topological polar surface area (TPSA) is 35.5 Å². The number of nitrogens with zero attached hydrogens (tertiary/aromatic N) is 1. The Kier molecular flexibility index (Phi) is 6.77. The summed E-state index contributed by atoms with van der Waals surface area (Å²) in [5, 5.41) is 13.8. The third-order valence-electron chi connectivity index (χ3n) is 4.40. The van der Waals surface area contributed by atoms with Crippen LogP contribution in [0.4, 0.5) is 0 Å². The Morgan fingerprint density at radius 1 is 1.33 bits per heavy atom. The number of halogens is 2. The normalized spacial score (nSPS) is 18.9.